The fraction of sp³-hybridized carbons (Fsp3) is 0.710. The van der Waals surface area contributed by atoms with Gasteiger partial charge in [0.2, 0.25) is 13.4 Å². The molecule has 7 N–H and O–H groups in total. The van der Waals surface area contributed by atoms with Crippen LogP contribution in [0.4, 0.5) is 11.8 Å². The highest BCUT2D eigenvalue weighted by atomic mass is 35.5. The summed E-state index contributed by atoms with van der Waals surface area (Å²) >= 11 is 0. The number of hydrogen-bond donors (Lipinski definition) is 5. The molecule has 3 atom stereocenters. The van der Waals surface area contributed by atoms with E-state index in [0.29, 0.717) is 49.0 Å². The summed E-state index contributed by atoms with van der Waals surface area (Å²) in [6, 6.07) is -1.32. The summed E-state index contributed by atoms with van der Waals surface area (Å²) in [4.78, 5) is 38.3. The molecule has 0 fully saturated rings. The number of ether oxygens (including phenoxy) is 3. The molecule has 0 aromatic carbocycles. The number of imidazole rings is 1. The summed E-state index contributed by atoms with van der Waals surface area (Å²) in [7, 11) is -3.65. The molecular weight excluding hydrogens is 661 g/mol. The maximum absolute atomic E-state index is 14.1. The first-order valence-electron chi connectivity index (χ1n) is 16.6. The number of nitrogens with two attached hydrogens (primary N) is 2. The normalized spacial score (nSPS) is 13.0. The van der Waals surface area contributed by atoms with Gasteiger partial charge in [-0.2, -0.15) is 9.97 Å². The molecule has 0 saturated carbocycles. The number of carbonyl (C=O) groups excluding carboxylic acids is 2. The standard InChI is InChI=1S/C27H47N8O6P.C4H11N.ClH/c1-6-11-15-40-25(36)20(9-4)33-42(38,34-21(10-5)26(37)41-16-12-7-2)19-39-17-14-35-18-30-22-23(29-13-8-3)31-27(28)32-24(22)35;1-3-4(2)5;/h8,18,20-21H,3,6-7,9-17,19H2,1-2,4-5H3,(H2,33,34,38)(H3,28,29,31,32);4H,3,5H2,1-2H3;1H/t20-,21-;4-;/m01./s1. The molecule has 0 saturated heterocycles. The van der Waals surface area contributed by atoms with Crippen LogP contribution in [-0.4, -0.2) is 82.3 Å². The number of nitrogens with one attached hydrogen (secondary N) is 3. The van der Waals surface area contributed by atoms with Crippen molar-refractivity contribution < 1.29 is 28.4 Å². The molecule has 0 aliphatic heterocycles. The molecule has 0 aliphatic rings. The molecule has 0 unspecified atom stereocenters. The van der Waals surface area contributed by atoms with Crippen LogP contribution in [0.5, 0.6) is 0 Å². The monoisotopic (exact) mass is 719 g/mol. The van der Waals surface area contributed by atoms with E-state index in [1.54, 1.807) is 30.8 Å². The molecule has 48 heavy (non-hydrogen) atoms. The van der Waals surface area contributed by atoms with Crippen LogP contribution < -0.4 is 27.0 Å². The van der Waals surface area contributed by atoms with Crippen LogP contribution >= 0.6 is 19.9 Å². The molecule has 0 amide bonds. The van der Waals surface area contributed by atoms with Gasteiger partial charge in [0.05, 0.1) is 26.1 Å². The lowest BCUT2D eigenvalue weighted by Gasteiger charge is -2.28. The maximum Gasteiger partial charge on any atom is 0.323 e. The van der Waals surface area contributed by atoms with Crippen LogP contribution in [0, 0.1) is 0 Å². The average molecular weight is 720 g/mol. The molecule has 0 spiro atoms. The zero-order chi connectivity index (χ0) is 35.2. The van der Waals surface area contributed by atoms with Crippen molar-refractivity contribution in [3.8, 4) is 0 Å². The molecule has 0 aliphatic carbocycles. The number of rotatable bonds is 23. The Hall–Kier alpha value is -2.81. The predicted octanol–water partition coefficient (Wildman–Crippen LogP) is 4.76. The van der Waals surface area contributed by atoms with Crippen molar-refractivity contribution in [1.29, 1.82) is 0 Å². The van der Waals surface area contributed by atoms with Gasteiger partial charge in [0, 0.05) is 19.1 Å². The van der Waals surface area contributed by atoms with Crippen molar-refractivity contribution in [2.45, 2.75) is 111 Å². The first-order chi connectivity index (χ1) is 22.5. The predicted molar refractivity (Wildman–Crippen MR) is 194 cm³/mol. The minimum Gasteiger partial charge on any atom is -0.465 e. The van der Waals surface area contributed by atoms with E-state index in [1.807, 2.05) is 20.8 Å². The van der Waals surface area contributed by atoms with E-state index in [4.69, 9.17) is 25.7 Å². The third-order valence-corrected chi connectivity index (χ3v) is 8.89. The van der Waals surface area contributed by atoms with E-state index >= 15 is 0 Å². The summed E-state index contributed by atoms with van der Waals surface area (Å²) in [5.74, 6) is -0.436. The molecule has 15 nitrogen and oxygen atoms in total. The SMILES string of the molecule is C=CCNc1nc(N)nc2c1ncn2CCOCP(=O)(N[C@@H](CC)C(=O)OCCCC)N[C@@H](CC)C(=O)OCCCC.CC[C@@H](C)N.Cl. The fourth-order valence-corrected chi connectivity index (χ4v) is 6.04. The minimum atomic E-state index is -3.65. The Morgan fingerprint density at radius 1 is 0.979 bits per heavy atom. The molecule has 276 valence electrons. The van der Waals surface area contributed by atoms with Crippen LogP contribution in [0.25, 0.3) is 11.2 Å². The van der Waals surface area contributed by atoms with Crippen molar-refractivity contribution in [1.82, 2.24) is 29.7 Å². The van der Waals surface area contributed by atoms with Gasteiger partial charge in [-0.05, 0) is 39.0 Å². The fourth-order valence-electron chi connectivity index (χ4n) is 3.84. The number of halogens is 1. The van der Waals surface area contributed by atoms with E-state index < -0.39 is 31.5 Å². The van der Waals surface area contributed by atoms with Gasteiger partial charge >= 0.3 is 11.9 Å². The van der Waals surface area contributed by atoms with Gasteiger partial charge in [0.15, 0.2) is 17.0 Å². The molecule has 2 heterocycles. The number of aromatic nitrogens is 4. The van der Waals surface area contributed by atoms with Gasteiger partial charge in [-0.15, -0.1) is 19.0 Å². The summed E-state index contributed by atoms with van der Waals surface area (Å²) < 4.78 is 32.5. The van der Waals surface area contributed by atoms with Crippen molar-refractivity contribution in [3.63, 3.8) is 0 Å². The smallest absolute Gasteiger partial charge is 0.323 e. The van der Waals surface area contributed by atoms with Crippen LogP contribution in [-0.2, 0) is 34.9 Å². The highest BCUT2D eigenvalue weighted by molar-refractivity contribution is 7.59. The second-order valence-corrected chi connectivity index (χ2v) is 13.3. The Balaban J connectivity index is 0.00000341. The van der Waals surface area contributed by atoms with Gasteiger partial charge in [-0.1, -0.05) is 53.5 Å². The highest BCUT2D eigenvalue weighted by Gasteiger charge is 2.34. The van der Waals surface area contributed by atoms with Crippen LogP contribution in [0.3, 0.4) is 0 Å². The number of unbranched alkanes of at least 4 members (excludes halogenated alkanes) is 2. The number of esters is 2. The Bertz CT molecular complexity index is 1230. The minimum absolute atomic E-state index is 0. The Morgan fingerprint density at radius 3 is 1.98 bits per heavy atom. The first-order valence-corrected chi connectivity index (χ1v) is 18.5. The number of nitrogen functional groups attached to an aromatic ring is 1. The van der Waals surface area contributed by atoms with Crippen molar-refractivity contribution in [2.24, 2.45) is 5.73 Å². The summed E-state index contributed by atoms with van der Waals surface area (Å²) in [5.41, 5.74) is 12.2. The van der Waals surface area contributed by atoms with Gasteiger partial charge in [-0.25, -0.2) is 15.2 Å². The van der Waals surface area contributed by atoms with E-state index in [0.717, 1.165) is 32.1 Å². The molecule has 0 radical (unpaired) electrons. The van der Waals surface area contributed by atoms with Gasteiger partial charge < -0.3 is 35.6 Å². The third kappa shape index (κ3) is 16.5. The second kappa shape index (κ2) is 25.2. The average Bonchev–Trinajstić information content (AvgIpc) is 3.46. The van der Waals surface area contributed by atoms with E-state index in [2.05, 4.69) is 43.9 Å². The highest BCUT2D eigenvalue weighted by Crippen LogP contribution is 2.38. The zero-order valence-electron chi connectivity index (χ0n) is 29.5. The lowest BCUT2D eigenvalue weighted by molar-refractivity contribution is -0.146. The maximum atomic E-state index is 14.1. The molecular formula is C31H59ClN9O6P. The number of nitrogens with zero attached hydrogens (tertiary/aromatic N) is 4. The number of fused-ring (bicyclic) bond motifs is 1. The number of carbonyl (C=O) groups is 2. The molecule has 0 bridgehead atoms. The lowest BCUT2D eigenvalue weighted by atomic mass is 10.2. The van der Waals surface area contributed by atoms with E-state index in [1.165, 1.54) is 0 Å². The summed E-state index contributed by atoms with van der Waals surface area (Å²) in [6.07, 6.45) is 7.95. The van der Waals surface area contributed by atoms with Gasteiger partial charge in [0.25, 0.3) is 0 Å². The molecule has 2 aromatic heterocycles. The van der Waals surface area contributed by atoms with Crippen LogP contribution in [0.2, 0.25) is 0 Å². The summed E-state index contributed by atoms with van der Waals surface area (Å²) in [6.45, 7) is 16.8. The molecule has 2 aromatic rings. The first kappa shape index (κ1) is 45.2. The zero-order valence-corrected chi connectivity index (χ0v) is 31.2. The van der Waals surface area contributed by atoms with Crippen molar-refractivity contribution in [2.75, 3.05) is 43.8 Å². The largest absolute Gasteiger partial charge is 0.465 e. The van der Waals surface area contributed by atoms with Gasteiger partial charge in [-0.3, -0.25) is 14.2 Å². The Labute approximate surface area is 292 Å². The molecule has 2 rings (SSSR count). The molecule has 17 heteroatoms. The van der Waals surface area contributed by atoms with Crippen LogP contribution in [0.15, 0.2) is 19.0 Å². The van der Waals surface area contributed by atoms with E-state index in [9.17, 15) is 14.2 Å². The quantitative estimate of drug-likeness (QED) is 0.0454. The Morgan fingerprint density at radius 2 is 1.52 bits per heavy atom. The van der Waals surface area contributed by atoms with Crippen LogP contribution in [0.1, 0.15) is 86.5 Å². The van der Waals surface area contributed by atoms with Crippen molar-refractivity contribution >= 4 is 54.7 Å². The summed E-state index contributed by atoms with van der Waals surface area (Å²) in [5, 5.41) is 8.92. The lowest BCUT2D eigenvalue weighted by Crippen LogP contribution is -2.44. The third-order valence-electron chi connectivity index (χ3n) is 6.89. The second-order valence-electron chi connectivity index (χ2n) is 11.1. The number of hydrogen-bond acceptors (Lipinski definition) is 12. The van der Waals surface area contributed by atoms with E-state index in [-0.39, 0.29) is 44.5 Å². The van der Waals surface area contributed by atoms with Crippen molar-refractivity contribution in [3.05, 3.63) is 19.0 Å². The topological polar surface area (TPSA) is 211 Å². The van der Waals surface area contributed by atoms with Gasteiger partial charge in [0.1, 0.15) is 18.4 Å². The Kier molecular flexibility index (Phi) is 23.7. The number of anilines is 2.